The van der Waals surface area contributed by atoms with Crippen molar-refractivity contribution in [3.8, 4) is 0 Å². The van der Waals surface area contributed by atoms with E-state index in [0.717, 1.165) is 17.7 Å². The lowest BCUT2D eigenvalue weighted by atomic mass is 10.1. The van der Waals surface area contributed by atoms with E-state index in [-0.39, 0.29) is 5.91 Å². The van der Waals surface area contributed by atoms with E-state index in [0.29, 0.717) is 18.1 Å². The molecule has 1 aromatic heterocycles. The second-order valence-electron chi connectivity index (χ2n) is 6.03. The number of rotatable bonds is 6. The van der Waals surface area contributed by atoms with Crippen LogP contribution in [0, 0.1) is 6.92 Å². The fourth-order valence-corrected chi connectivity index (χ4v) is 2.71. The highest BCUT2D eigenvalue weighted by atomic mass is 16.1. The lowest BCUT2D eigenvalue weighted by molar-refractivity contribution is 0.102. The molecule has 0 unspecified atom stereocenters. The van der Waals surface area contributed by atoms with Crippen molar-refractivity contribution in [2.24, 2.45) is 0 Å². The molecule has 0 saturated carbocycles. The van der Waals surface area contributed by atoms with Crippen LogP contribution in [-0.4, -0.2) is 15.9 Å². The van der Waals surface area contributed by atoms with Gasteiger partial charge >= 0.3 is 0 Å². The van der Waals surface area contributed by atoms with Crippen molar-refractivity contribution in [3.63, 3.8) is 0 Å². The van der Waals surface area contributed by atoms with Crippen molar-refractivity contribution in [3.05, 3.63) is 83.3 Å². The van der Waals surface area contributed by atoms with Crippen LogP contribution < -0.4 is 10.6 Å². The number of hydrogen-bond acceptors (Lipinski definition) is 4. The molecule has 1 heterocycles. The Bertz CT molecular complexity index is 908. The lowest BCUT2D eigenvalue weighted by Gasteiger charge is -2.11. The molecule has 0 atom stereocenters. The normalized spacial score (nSPS) is 10.4. The third-order valence-corrected chi connectivity index (χ3v) is 4.27. The quantitative estimate of drug-likeness (QED) is 0.701. The fraction of sp³-hybridized carbons (Fsp3) is 0.190. The second kappa shape index (κ2) is 8.25. The van der Waals surface area contributed by atoms with Gasteiger partial charge in [0, 0.05) is 18.3 Å². The first-order chi connectivity index (χ1) is 12.7. The van der Waals surface area contributed by atoms with Gasteiger partial charge in [0.05, 0.1) is 0 Å². The second-order valence-corrected chi connectivity index (χ2v) is 6.03. The van der Waals surface area contributed by atoms with Crippen molar-refractivity contribution in [1.82, 2.24) is 9.97 Å². The van der Waals surface area contributed by atoms with Gasteiger partial charge in [-0.3, -0.25) is 4.79 Å². The van der Waals surface area contributed by atoms with E-state index in [2.05, 4.69) is 46.6 Å². The number of anilines is 2. The van der Waals surface area contributed by atoms with E-state index in [1.54, 1.807) is 6.07 Å². The molecule has 0 spiro atoms. The minimum atomic E-state index is -0.243. The van der Waals surface area contributed by atoms with Gasteiger partial charge in [0.25, 0.3) is 5.91 Å². The van der Waals surface area contributed by atoms with Crippen LogP contribution in [0.25, 0.3) is 0 Å². The van der Waals surface area contributed by atoms with Crippen molar-refractivity contribution >= 4 is 17.4 Å². The number of aryl methyl sites for hydroxylation is 2. The SMILES string of the molecule is CCc1ccccc1NC(=O)c1cc(NCc2ccccc2C)ncn1. The number of carbonyl (C=O) groups excluding carboxylic acids is 1. The van der Waals surface area contributed by atoms with E-state index in [9.17, 15) is 4.79 Å². The highest BCUT2D eigenvalue weighted by Crippen LogP contribution is 2.17. The number of benzene rings is 2. The summed E-state index contributed by atoms with van der Waals surface area (Å²) < 4.78 is 0. The van der Waals surface area contributed by atoms with Gasteiger partial charge in [-0.25, -0.2) is 9.97 Å². The van der Waals surface area contributed by atoms with Crippen LogP contribution in [0.4, 0.5) is 11.5 Å². The summed E-state index contributed by atoms with van der Waals surface area (Å²) in [4.78, 5) is 20.8. The molecule has 0 saturated heterocycles. The predicted molar refractivity (Wildman–Crippen MR) is 104 cm³/mol. The third-order valence-electron chi connectivity index (χ3n) is 4.27. The molecule has 0 aliphatic rings. The van der Waals surface area contributed by atoms with Gasteiger partial charge in [-0.05, 0) is 36.1 Å². The van der Waals surface area contributed by atoms with E-state index < -0.39 is 0 Å². The van der Waals surface area contributed by atoms with Gasteiger partial charge < -0.3 is 10.6 Å². The van der Waals surface area contributed by atoms with Crippen molar-refractivity contribution in [2.75, 3.05) is 10.6 Å². The zero-order valence-electron chi connectivity index (χ0n) is 15.0. The average Bonchev–Trinajstić information content (AvgIpc) is 2.68. The van der Waals surface area contributed by atoms with E-state index in [1.807, 2.05) is 36.4 Å². The molecular weight excluding hydrogens is 324 g/mol. The van der Waals surface area contributed by atoms with Gasteiger partial charge in [-0.1, -0.05) is 49.4 Å². The summed E-state index contributed by atoms with van der Waals surface area (Å²) in [6.07, 6.45) is 2.25. The molecule has 0 radical (unpaired) electrons. The Labute approximate surface area is 153 Å². The zero-order valence-corrected chi connectivity index (χ0v) is 15.0. The summed E-state index contributed by atoms with van der Waals surface area (Å²) in [5.74, 6) is 0.379. The molecule has 2 N–H and O–H groups in total. The Morgan fingerprint density at radius 3 is 2.50 bits per heavy atom. The maximum atomic E-state index is 12.5. The van der Waals surface area contributed by atoms with E-state index in [1.165, 1.54) is 17.5 Å². The molecule has 0 aliphatic carbocycles. The Hall–Kier alpha value is -3.21. The molecule has 0 bridgehead atoms. The maximum absolute atomic E-state index is 12.5. The molecule has 2 aromatic carbocycles. The van der Waals surface area contributed by atoms with Crippen LogP contribution in [0.5, 0.6) is 0 Å². The summed E-state index contributed by atoms with van der Waals surface area (Å²) in [6.45, 7) is 4.77. The smallest absolute Gasteiger partial charge is 0.274 e. The summed E-state index contributed by atoms with van der Waals surface area (Å²) >= 11 is 0. The van der Waals surface area contributed by atoms with Crippen LogP contribution in [-0.2, 0) is 13.0 Å². The van der Waals surface area contributed by atoms with Crippen LogP contribution >= 0.6 is 0 Å². The number of hydrogen-bond donors (Lipinski definition) is 2. The fourth-order valence-electron chi connectivity index (χ4n) is 2.71. The van der Waals surface area contributed by atoms with Crippen molar-refractivity contribution in [1.29, 1.82) is 0 Å². The topological polar surface area (TPSA) is 66.9 Å². The Kier molecular flexibility index (Phi) is 5.59. The van der Waals surface area contributed by atoms with Crippen molar-refractivity contribution in [2.45, 2.75) is 26.8 Å². The Morgan fingerprint density at radius 1 is 1.00 bits per heavy atom. The van der Waals surface area contributed by atoms with Gasteiger partial charge in [-0.2, -0.15) is 0 Å². The molecule has 0 aliphatic heterocycles. The molecular formula is C21H22N4O. The average molecular weight is 346 g/mol. The molecule has 5 heteroatoms. The Balaban J connectivity index is 1.70. The number of amides is 1. The van der Waals surface area contributed by atoms with Gasteiger partial charge in [0.1, 0.15) is 17.8 Å². The molecule has 3 rings (SSSR count). The molecule has 26 heavy (non-hydrogen) atoms. The van der Waals surface area contributed by atoms with Gasteiger partial charge in [-0.15, -0.1) is 0 Å². The largest absolute Gasteiger partial charge is 0.366 e. The molecule has 3 aromatic rings. The summed E-state index contributed by atoms with van der Waals surface area (Å²) in [7, 11) is 0. The predicted octanol–water partition coefficient (Wildman–Crippen LogP) is 4.21. The van der Waals surface area contributed by atoms with Crippen LogP contribution in [0.2, 0.25) is 0 Å². The maximum Gasteiger partial charge on any atom is 0.274 e. The van der Waals surface area contributed by atoms with Gasteiger partial charge in [0.2, 0.25) is 0 Å². The summed E-state index contributed by atoms with van der Waals surface area (Å²) in [5.41, 5.74) is 4.64. The first-order valence-corrected chi connectivity index (χ1v) is 8.67. The number of nitrogens with one attached hydrogen (secondary N) is 2. The van der Waals surface area contributed by atoms with E-state index in [4.69, 9.17) is 0 Å². The number of nitrogens with zero attached hydrogens (tertiary/aromatic N) is 2. The highest BCUT2D eigenvalue weighted by molar-refractivity contribution is 6.03. The third kappa shape index (κ3) is 4.25. The molecule has 0 fully saturated rings. The first kappa shape index (κ1) is 17.6. The number of aromatic nitrogens is 2. The zero-order chi connectivity index (χ0) is 18.4. The molecule has 132 valence electrons. The summed E-state index contributed by atoms with van der Waals surface area (Å²) in [5, 5.41) is 6.18. The molecule has 5 nitrogen and oxygen atoms in total. The van der Waals surface area contributed by atoms with Crippen LogP contribution in [0.3, 0.4) is 0 Å². The van der Waals surface area contributed by atoms with E-state index >= 15 is 0 Å². The minimum absolute atomic E-state index is 0.243. The van der Waals surface area contributed by atoms with Crippen LogP contribution in [0.15, 0.2) is 60.9 Å². The monoisotopic (exact) mass is 346 g/mol. The van der Waals surface area contributed by atoms with Crippen molar-refractivity contribution < 1.29 is 4.79 Å². The number of carbonyl (C=O) groups is 1. The lowest BCUT2D eigenvalue weighted by Crippen LogP contribution is -2.15. The standard InChI is InChI=1S/C21H22N4O/c1-3-16-9-6-7-11-18(16)25-21(26)19-12-20(24-14-23-19)22-13-17-10-5-4-8-15(17)2/h4-12,14H,3,13H2,1-2H3,(H,25,26)(H,22,23,24). The van der Waals surface area contributed by atoms with Crippen LogP contribution in [0.1, 0.15) is 34.1 Å². The highest BCUT2D eigenvalue weighted by Gasteiger charge is 2.11. The first-order valence-electron chi connectivity index (χ1n) is 8.67. The number of para-hydroxylation sites is 1. The summed E-state index contributed by atoms with van der Waals surface area (Å²) in [6, 6.07) is 17.6. The Morgan fingerprint density at radius 2 is 1.73 bits per heavy atom. The molecule has 1 amide bonds. The minimum Gasteiger partial charge on any atom is -0.366 e. The van der Waals surface area contributed by atoms with Gasteiger partial charge in [0.15, 0.2) is 0 Å².